The van der Waals surface area contributed by atoms with Crippen molar-refractivity contribution in [2.45, 2.75) is 19.9 Å². The van der Waals surface area contributed by atoms with Crippen LogP contribution < -0.4 is 14.7 Å². The Kier molecular flexibility index (Phi) is 6.84. The monoisotopic (exact) mass is 409 g/mol. The van der Waals surface area contributed by atoms with E-state index < -0.39 is 23.5 Å². The first-order valence-electron chi connectivity index (χ1n) is 10.2. The summed E-state index contributed by atoms with van der Waals surface area (Å²) in [5.74, 6) is -1.18. The quantitative estimate of drug-likeness (QED) is 0.383. The Morgan fingerprint density at radius 3 is 2.30 bits per heavy atom. The number of quaternary nitrogens is 1. The number of likely N-dealkylation sites (tertiary alicyclic amines) is 1. The predicted octanol–water partition coefficient (Wildman–Crippen LogP) is 0.239. The number of carbonyl (C=O) groups is 2. The lowest BCUT2D eigenvalue weighted by Gasteiger charge is -2.28. The van der Waals surface area contributed by atoms with Crippen LogP contribution in [-0.2, 0) is 9.59 Å². The molecule has 1 amide bonds. The predicted molar refractivity (Wildman–Crippen MR) is 111 cm³/mol. The second kappa shape index (κ2) is 9.54. The van der Waals surface area contributed by atoms with Gasteiger partial charge in [0.1, 0.15) is 5.75 Å². The molecule has 0 saturated carbocycles. The van der Waals surface area contributed by atoms with Crippen molar-refractivity contribution in [2.24, 2.45) is 0 Å². The number of ketones is 1. The molecule has 1 aliphatic rings. The zero-order valence-electron chi connectivity index (χ0n) is 17.6. The smallest absolute Gasteiger partial charge is 0.295 e. The van der Waals surface area contributed by atoms with Gasteiger partial charge in [0.15, 0.2) is 0 Å². The number of nitrogens with one attached hydrogen (secondary N) is 1. The van der Waals surface area contributed by atoms with Crippen molar-refractivity contribution in [1.29, 1.82) is 0 Å². The van der Waals surface area contributed by atoms with Crippen molar-refractivity contribution >= 4 is 17.4 Å². The molecule has 2 aromatic rings. The number of hydrogen-bond donors (Lipinski definition) is 1. The highest BCUT2D eigenvalue weighted by Gasteiger charge is 2.44. The van der Waals surface area contributed by atoms with E-state index in [-0.39, 0.29) is 5.57 Å². The standard InChI is InChI=1S/C23H27N3O4/c1-4-25(5-2)14-15-26-20(16-10-12-24-13-11-16)19(22(28)23(26)29)21(27)17-6-8-18(30-3)9-7-17/h6-13,20,27H,4-5,14-15H2,1-3H3/b21-19+. The Morgan fingerprint density at radius 2 is 1.73 bits per heavy atom. The van der Waals surface area contributed by atoms with E-state index in [2.05, 4.69) is 18.8 Å². The number of hydrogen-bond acceptors (Lipinski definition) is 5. The van der Waals surface area contributed by atoms with Crippen LogP contribution in [0.4, 0.5) is 0 Å². The first-order valence-corrected chi connectivity index (χ1v) is 10.2. The van der Waals surface area contributed by atoms with Gasteiger partial charge < -0.3 is 19.6 Å². The highest BCUT2D eigenvalue weighted by Crippen LogP contribution is 2.38. The van der Waals surface area contributed by atoms with E-state index in [0.717, 1.165) is 13.1 Å². The summed E-state index contributed by atoms with van der Waals surface area (Å²) in [4.78, 5) is 32.7. The molecule has 1 aliphatic heterocycles. The Balaban J connectivity index is 2.05. The van der Waals surface area contributed by atoms with Crippen LogP contribution in [0.3, 0.4) is 0 Å². The van der Waals surface area contributed by atoms with E-state index >= 15 is 0 Å². The second-order valence-electron chi connectivity index (χ2n) is 7.19. The first kappa shape index (κ1) is 21.5. The summed E-state index contributed by atoms with van der Waals surface area (Å²) < 4.78 is 5.14. The number of benzene rings is 1. The zero-order valence-corrected chi connectivity index (χ0v) is 17.6. The summed E-state index contributed by atoms with van der Waals surface area (Å²) in [5.41, 5.74) is 1.05. The van der Waals surface area contributed by atoms with E-state index in [9.17, 15) is 14.7 Å². The van der Waals surface area contributed by atoms with Gasteiger partial charge in [-0.1, -0.05) is 17.9 Å². The molecule has 1 N–H and O–H groups in total. The Labute approximate surface area is 176 Å². The molecule has 0 radical (unpaired) electrons. The van der Waals surface area contributed by atoms with Gasteiger partial charge in [-0.15, -0.1) is 0 Å². The highest BCUT2D eigenvalue weighted by atomic mass is 16.5. The van der Waals surface area contributed by atoms with E-state index in [1.807, 2.05) is 0 Å². The average Bonchev–Trinajstić information content (AvgIpc) is 3.05. The molecule has 1 aromatic heterocycles. The summed E-state index contributed by atoms with van der Waals surface area (Å²) in [6, 6.07) is 9.33. The van der Waals surface area contributed by atoms with Gasteiger partial charge in [-0.05, 0) is 49.2 Å². The maximum absolute atomic E-state index is 13.3. The summed E-state index contributed by atoms with van der Waals surface area (Å²) in [5, 5.41) is 13.3. The molecular weight excluding hydrogens is 382 g/mol. The lowest BCUT2D eigenvalue weighted by atomic mass is 9.96. The fraction of sp³-hybridized carbons (Fsp3) is 0.348. The van der Waals surface area contributed by atoms with Crippen molar-refractivity contribution in [3.8, 4) is 5.75 Å². The molecule has 1 atom stereocenters. The van der Waals surface area contributed by atoms with E-state index in [0.29, 0.717) is 30.0 Å². The topological polar surface area (TPSA) is 87.0 Å². The molecule has 0 bridgehead atoms. The van der Waals surface area contributed by atoms with Crippen LogP contribution in [0.2, 0.25) is 0 Å². The van der Waals surface area contributed by atoms with Crippen LogP contribution in [0.15, 0.2) is 54.4 Å². The lowest BCUT2D eigenvalue weighted by molar-refractivity contribution is -0.895. The number of amides is 1. The fourth-order valence-electron chi connectivity index (χ4n) is 3.77. The van der Waals surface area contributed by atoms with Crippen LogP contribution >= 0.6 is 0 Å². The molecule has 30 heavy (non-hydrogen) atoms. The Hall–Kier alpha value is -3.19. The SMILES string of the molecule is CC[NH+](CC)CCN1C(=O)C(=O)/C(=C(/[O-])c2ccc(OC)cc2)C1c1ccncc1. The molecule has 2 heterocycles. The van der Waals surface area contributed by atoms with Gasteiger partial charge >= 0.3 is 0 Å². The first-order chi connectivity index (χ1) is 14.5. The molecule has 1 aromatic carbocycles. The molecule has 1 unspecified atom stereocenters. The molecule has 0 aliphatic carbocycles. The molecule has 1 saturated heterocycles. The molecule has 7 heteroatoms. The minimum absolute atomic E-state index is 0.00841. The molecular formula is C23H27N3O4. The third-order valence-electron chi connectivity index (χ3n) is 5.61. The Morgan fingerprint density at radius 1 is 1.10 bits per heavy atom. The number of nitrogens with zero attached hydrogens (tertiary/aromatic N) is 2. The van der Waals surface area contributed by atoms with E-state index in [4.69, 9.17) is 4.74 Å². The van der Waals surface area contributed by atoms with Gasteiger partial charge in [0.25, 0.3) is 5.91 Å². The summed E-state index contributed by atoms with van der Waals surface area (Å²) >= 11 is 0. The normalized spacial score (nSPS) is 18.3. The number of rotatable bonds is 8. The van der Waals surface area contributed by atoms with Gasteiger partial charge in [0.05, 0.1) is 39.3 Å². The molecule has 3 rings (SSSR count). The van der Waals surface area contributed by atoms with Crippen molar-refractivity contribution in [3.05, 3.63) is 65.5 Å². The van der Waals surface area contributed by atoms with Crippen LogP contribution in [0.5, 0.6) is 5.75 Å². The van der Waals surface area contributed by atoms with Crippen LogP contribution in [0, 0.1) is 0 Å². The molecule has 158 valence electrons. The number of ether oxygens (including phenoxy) is 1. The fourth-order valence-corrected chi connectivity index (χ4v) is 3.77. The molecule has 7 nitrogen and oxygen atoms in total. The minimum Gasteiger partial charge on any atom is -0.872 e. The summed E-state index contributed by atoms with van der Waals surface area (Å²) in [6.45, 7) is 7.12. The number of carbonyl (C=O) groups excluding carboxylic acids is 2. The number of methoxy groups -OCH3 is 1. The molecule has 0 spiro atoms. The Bertz CT molecular complexity index is 921. The van der Waals surface area contributed by atoms with Gasteiger partial charge in [-0.2, -0.15) is 0 Å². The van der Waals surface area contributed by atoms with Crippen molar-refractivity contribution in [2.75, 3.05) is 33.3 Å². The molecule has 1 fully saturated rings. The van der Waals surface area contributed by atoms with E-state index in [1.54, 1.807) is 55.9 Å². The van der Waals surface area contributed by atoms with Crippen molar-refractivity contribution in [1.82, 2.24) is 9.88 Å². The van der Waals surface area contributed by atoms with Crippen molar-refractivity contribution < 1.29 is 24.3 Å². The van der Waals surface area contributed by atoms with Crippen LogP contribution in [0.25, 0.3) is 5.76 Å². The summed E-state index contributed by atoms with van der Waals surface area (Å²) in [7, 11) is 1.54. The number of likely N-dealkylation sites (N-methyl/N-ethyl adjacent to an activating group) is 1. The van der Waals surface area contributed by atoms with Gasteiger partial charge in [-0.3, -0.25) is 14.6 Å². The second-order valence-corrected chi connectivity index (χ2v) is 7.19. The van der Waals surface area contributed by atoms with Gasteiger partial charge in [0.2, 0.25) is 5.78 Å². The number of pyridine rings is 1. The number of aromatic nitrogens is 1. The minimum atomic E-state index is -0.729. The number of Topliss-reactive ketones (excluding diaryl/α,β-unsaturated/α-hetero) is 1. The van der Waals surface area contributed by atoms with Gasteiger partial charge in [0, 0.05) is 18.0 Å². The average molecular weight is 409 g/mol. The van der Waals surface area contributed by atoms with Crippen LogP contribution in [0.1, 0.15) is 31.0 Å². The largest absolute Gasteiger partial charge is 0.872 e. The summed E-state index contributed by atoms with van der Waals surface area (Å²) in [6.07, 6.45) is 3.21. The van der Waals surface area contributed by atoms with Gasteiger partial charge in [-0.25, -0.2) is 0 Å². The zero-order chi connectivity index (χ0) is 21.7. The highest BCUT2D eigenvalue weighted by molar-refractivity contribution is 6.46. The van der Waals surface area contributed by atoms with E-state index in [1.165, 1.54) is 9.80 Å². The van der Waals surface area contributed by atoms with Crippen molar-refractivity contribution in [3.63, 3.8) is 0 Å². The van der Waals surface area contributed by atoms with Crippen LogP contribution in [-0.4, -0.2) is 54.9 Å². The maximum atomic E-state index is 13.3. The lowest BCUT2D eigenvalue weighted by Crippen LogP contribution is -3.12. The maximum Gasteiger partial charge on any atom is 0.295 e. The third-order valence-corrected chi connectivity index (χ3v) is 5.61. The third kappa shape index (κ3) is 4.21.